The van der Waals surface area contributed by atoms with Crippen LogP contribution in [-0.4, -0.2) is 49.8 Å². The van der Waals surface area contributed by atoms with Gasteiger partial charge in [0.1, 0.15) is 0 Å². The summed E-state index contributed by atoms with van der Waals surface area (Å²) in [6.07, 6.45) is 6.02. The topological polar surface area (TPSA) is 92.8 Å². The van der Waals surface area contributed by atoms with Gasteiger partial charge in [0.05, 0.1) is 10.5 Å². The number of hydrogen-bond acceptors (Lipinski definition) is 5. The number of aryl methyl sites for hydroxylation is 1. The van der Waals surface area contributed by atoms with Crippen LogP contribution in [0, 0.1) is 12.8 Å². The molecule has 1 amide bonds. The fraction of sp³-hybridized carbons (Fsp3) is 0.652. The van der Waals surface area contributed by atoms with E-state index in [1.54, 1.807) is 26.0 Å². The molecule has 7 nitrogen and oxygen atoms in total. The molecule has 1 aromatic rings. The highest BCUT2D eigenvalue weighted by molar-refractivity contribution is 7.89. The maximum absolute atomic E-state index is 13.1. The number of carbonyl (C=O) groups excluding carboxylic acids is 2. The molecule has 0 spiro atoms. The minimum absolute atomic E-state index is 0.100. The Hall–Kier alpha value is -1.93. The molecule has 172 valence electrons. The summed E-state index contributed by atoms with van der Waals surface area (Å²) in [7, 11) is -3.67. The highest BCUT2D eigenvalue weighted by Crippen LogP contribution is 2.26. The summed E-state index contributed by atoms with van der Waals surface area (Å²) in [5, 5.41) is 2.99. The molecule has 0 unspecified atom stereocenters. The zero-order chi connectivity index (χ0) is 22.6. The summed E-state index contributed by atoms with van der Waals surface area (Å²) in [5.41, 5.74) is 0.714. The minimum Gasteiger partial charge on any atom is -0.449 e. The lowest BCUT2D eigenvalue weighted by Crippen LogP contribution is -2.46. The lowest BCUT2D eigenvalue weighted by molar-refractivity contribution is -0.130. The first-order valence-electron chi connectivity index (χ1n) is 11.3. The molecule has 8 heteroatoms. The predicted octanol–water partition coefficient (Wildman–Crippen LogP) is 3.41. The third-order valence-corrected chi connectivity index (χ3v) is 8.49. The minimum atomic E-state index is -3.67. The predicted molar refractivity (Wildman–Crippen MR) is 118 cm³/mol. The van der Waals surface area contributed by atoms with Gasteiger partial charge in [-0.3, -0.25) is 4.79 Å². The van der Waals surface area contributed by atoms with Gasteiger partial charge in [0, 0.05) is 19.1 Å². The van der Waals surface area contributed by atoms with Gasteiger partial charge in [0.2, 0.25) is 10.0 Å². The van der Waals surface area contributed by atoms with E-state index >= 15 is 0 Å². The number of benzene rings is 1. The normalized spacial score (nSPS) is 23.7. The van der Waals surface area contributed by atoms with Crippen molar-refractivity contribution >= 4 is 21.9 Å². The summed E-state index contributed by atoms with van der Waals surface area (Å²) in [4.78, 5) is 25.3. The number of carbonyl (C=O) groups is 2. The number of piperidine rings is 1. The van der Waals surface area contributed by atoms with E-state index in [-0.39, 0.29) is 22.4 Å². The van der Waals surface area contributed by atoms with Crippen molar-refractivity contribution in [2.24, 2.45) is 5.92 Å². The monoisotopic (exact) mass is 450 g/mol. The second kappa shape index (κ2) is 10.1. The van der Waals surface area contributed by atoms with E-state index in [0.717, 1.165) is 38.5 Å². The molecule has 3 atom stereocenters. The standard InChI is InChI=1S/C23H34N2O5S/c1-16-9-5-6-10-20(16)24-22(26)18(3)30-23(27)19-12-11-17(2)21(15-19)31(28,29)25-13-7-4-8-14-25/h11-12,15-16,18,20H,4-10,13-14H2,1-3H3,(H,24,26)/t16-,18+,20+/m0/s1. The van der Waals surface area contributed by atoms with Crippen LogP contribution < -0.4 is 5.32 Å². The lowest BCUT2D eigenvalue weighted by atomic mass is 9.86. The number of hydrogen-bond donors (Lipinski definition) is 1. The third kappa shape index (κ3) is 5.66. The SMILES string of the molecule is Cc1ccc(C(=O)O[C@H](C)C(=O)N[C@@H]2CCCC[C@@H]2C)cc1S(=O)(=O)N1CCCCC1. The quantitative estimate of drug-likeness (QED) is 0.671. The maximum atomic E-state index is 13.1. The molecule has 2 fully saturated rings. The zero-order valence-corrected chi connectivity index (χ0v) is 19.5. The highest BCUT2D eigenvalue weighted by Gasteiger charge is 2.30. The number of esters is 1. The van der Waals surface area contributed by atoms with Crippen molar-refractivity contribution < 1.29 is 22.7 Å². The Balaban J connectivity index is 1.68. The van der Waals surface area contributed by atoms with Crippen LogP contribution in [0.2, 0.25) is 0 Å². The van der Waals surface area contributed by atoms with E-state index in [9.17, 15) is 18.0 Å². The van der Waals surface area contributed by atoms with Crippen LogP contribution in [0.4, 0.5) is 0 Å². The van der Waals surface area contributed by atoms with Crippen LogP contribution in [0.3, 0.4) is 0 Å². The van der Waals surface area contributed by atoms with Gasteiger partial charge in [-0.1, -0.05) is 32.3 Å². The second-order valence-corrected chi connectivity index (χ2v) is 10.8. The highest BCUT2D eigenvalue weighted by atomic mass is 32.2. The number of rotatable bonds is 6. The number of ether oxygens (including phenoxy) is 1. The van der Waals surface area contributed by atoms with Crippen molar-refractivity contribution in [2.45, 2.75) is 82.8 Å². The molecule has 1 N–H and O–H groups in total. The number of nitrogens with one attached hydrogen (secondary N) is 1. The summed E-state index contributed by atoms with van der Waals surface area (Å²) in [5.74, 6) is -0.616. The van der Waals surface area contributed by atoms with Gasteiger partial charge < -0.3 is 10.1 Å². The van der Waals surface area contributed by atoms with E-state index in [1.165, 1.54) is 16.8 Å². The van der Waals surface area contributed by atoms with Gasteiger partial charge in [-0.25, -0.2) is 13.2 Å². The average Bonchev–Trinajstić information content (AvgIpc) is 2.76. The smallest absolute Gasteiger partial charge is 0.338 e. The first kappa shape index (κ1) is 23.7. The Bertz CT molecular complexity index is 909. The number of nitrogens with zero attached hydrogens (tertiary/aromatic N) is 1. The fourth-order valence-corrected chi connectivity index (χ4v) is 6.13. The number of sulfonamides is 1. The van der Waals surface area contributed by atoms with Crippen molar-refractivity contribution in [2.75, 3.05) is 13.1 Å². The Morgan fingerprint density at radius 3 is 2.45 bits per heavy atom. The Morgan fingerprint density at radius 1 is 1.10 bits per heavy atom. The molecule has 0 bridgehead atoms. The van der Waals surface area contributed by atoms with Crippen LogP contribution in [0.15, 0.2) is 23.1 Å². The van der Waals surface area contributed by atoms with Crippen molar-refractivity contribution in [1.29, 1.82) is 0 Å². The molecule has 1 aliphatic carbocycles. The molecule has 1 saturated carbocycles. The average molecular weight is 451 g/mol. The Labute approximate surface area is 185 Å². The maximum Gasteiger partial charge on any atom is 0.338 e. The second-order valence-electron chi connectivity index (χ2n) is 8.87. The molecule has 1 aromatic carbocycles. The fourth-order valence-electron chi connectivity index (χ4n) is 4.36. The van der Waals surface area contributed by atoms with Crippen LogP contribution >= 0.6 is 0 Å². The summed E-state index contributed by atoms with van der Waals surface area (Å²) in [6.45, 7) is 6.37. The van der Waals surface area contributed by atoms with Crippen molar-refractivity contribution in [3.63, 3.8) is 0 Å². The van der Waals surface area contributed by atoms with Crippen molar-refractivity contribution in [3.8, 4) is 0 Å². The van der Waals surface area contributed by atoms with Crippen LogP contribution in [0.25, 0.3) is 0 Å². The first-order valence-corrected chi connectivity index (χ1v) is 12.8. The van der Waals surface area contributed by atoms with Gasteiger partial charge in [-0.2, -0.15) is 4.31 Å². The van der Waals surface area contributed by atoms with Crippen molar-refractivity contribution in [1.82, 2.24) is 9.62 Å². The van der Waals surface area contributed by atoms with Gasteiger partial charge in [-0.05, 0) is 63.1 Å². The molecule has 31 heavy (non-hydrogen) atoms. The molecule has 1 aliphatic heterocycles. The van der Waals surface area contributed by atoms with Crippen LogP contribution in [0.5, 0.6) is 0 Å². The molecule has 0 aromatic heterocycles. The third-order valence-electron chi connectivity index (χ3n) is 6.45. The molecule has 2 aliphatic rings. The van der Waals surface area contributed by atoms with E-state index in [2.05, 4.69) is 12.2 Å². The zero-order valence-electron chi connectivity index (χ0n) is 18.7. The van der Waals surface area contributed by atoms with E-state index in [1.807, 2.05) is 0 Å². The van der Waals surface area contributed by atoms with Crippen LogP contribution in [0.1, 0.15) is 74.7 Å². The van der Waals surface area contributed by atoms with Gasteiger partial charge >= 0.3 is 5.97 Å². The van der Waals surface area contributed by atoms with E-state index in [4.69, 9.17) is 4.74 Å². The molecule has 1 saturated heterocycles. The summed E-state index contributed by atoms with van der Waals surface area (Å²) in [6, 6.07) is 4.63. The Kier molecular flexibility index (Phi) is 7.75. The van der Waals surface area contributed by atoms with Crippen molar-refractivity contribution in [3.05, 3.63) is 29.3 Å². The van der Waals surface area contributed by atoms with E-state index < -0.39 is 22.1 Å². The molecule has 1 heterocycles. The summed E-state index contributed by atoms with van der Waals surface area (Å²) < 4.78 is 33.0. The van der Waals surface area contributed by atoms with E-state index in [0.29, 0.717) is 24.6 Å². The van der Waals surface area contributed by atoms with Gasteiger partial charge in [-0.15, -0.1) is 0 Å². The first-order chi connectivity index (χ1) is 14.7. The summed E-state index contributed by atoms with van der Waals surface area (Å²) >= 11 is 0. The lowest BCUT2D eigenvalue weighted by Gasteiger charge is -2.30. The van der Waals surface area contributed by atoms with Crippen LogP contribution in [-0.2, 0) is 19.6 Å². The molecule has 0 radical (unpaired) electrons. The molecule has 3 rings (SSSR count). The number of amides is 1. The Morgan fingerprint density at radius 2 is 1.77 bits per heavy atom. The molecular formula is C23H34N2O5S. The van der Waals surface area contributed by atoms with Gasteiger partial charge in [0.25, 0.3) is 5.91 Å². The largest absolute Gasteiger partial charge is 0.449 e. The molecular weight excluding hydrogens is 416 g/mol. The van der Waals surface area contributed by atoms with Gasteiger partial charge in [0.15, 0.2) is 6.10 Å².